The third-order valence-electron chi connectivity index (χ3n) is 9.60. The van der Waals surface area contributed by atoms with Crippen LogP contribution in [0.15, 0.2) is 48.6 Å². The quantitative estimate of drug-likeness (QED) is 0.0197. The minimum Gasteiger partial charge on any atom is -0.756 e. The van der Waals surface area contributed by atoms with Crippen molar-refractivity contribution >= 4 is 19.8 Å². The Morgan fingerprint density at radius 2 is 0.947 bits per heavy atom. The highest BCUT2D eigenvalue weighted by molar-refractivity contribution is 7.45. The number of esters is 2. The molecule has 0 fully saturated rings. The van der Waals surface area contributed by atoms with Crippen LogP contribution in [0.2, 0.25) is 0 Å². The maximum absolute atomic E-state index is 12.7. The van der Waals surface area contributed by atoms with Gasteiger partial charge in [-0.25, -0.2) is 0 Å². The number of likely N-dealkylation sites (N-methyl/N-ethyl adjacent to an activating group) is 1. The van der Waals surface area contributed by atoms with E-state index in [-0.39, 0.29) is 26.1 Å². The molecule has 0 radical (unpaired) electrons. The average molecular weight is 824 g/mol. The zero-order chi connectivity index (χ0) is 42.1. The molecule has 0 amide bonds. The van der Waals surface area contributed by atoms with E-state index in [4.69, 9.17) is 18.5 Å². The van der Waals surface area contributed by atoms with E-state index in [1.54, 1.807) is 0 Å². The molecule has 0 bridgehead atoms. The Hall–Kier alpha value is -2.03. The van der Waals surface area contributed by atoms with Crippen molar-refractivity contribution in [1.29, 1.82) is 0 Å². The number of ether oxygens (including phenoxy) is 2. The zero-order valence-electron chi connectivity index (χ0n) is 37.3. The summed E-state index contributed by atoms with van der Waals surface area (Å²) < 4.78 is 33.9. The molecular formula is C47H86NO8P. The Morgan fingerprint density at radius 1 is 0.544 bits per heavy atom. The lowest BCUT2D eigenvalue weighted by molar-refractivity contribution is -0.870. The second-order valence-corrected chi connectivity index (χ2v) is 17.8. The molecule has 0 aliphatic carbocycles. The number of allylic oxidation sites excluding steroid dienone is 8. The van der Waals surface area contributed by atoms with Crippen molar-refractivity contribution in [2.75, 3.05) is 47.5 Å². The summed E-state index contributed by atoms with van der Waals surface area (Å²) >= 11 is 0. The van der Waals surface area contributed by atoms with Gasteiger partial charge in [-0.1, -0.05) is 165 Å². The smallest absolute Gasteiger partial charge is 0.306 e. The molecular weight excluding hydrogens is 737 g/mol. The minimum atomic E-state index is -4.63. The van der Waals surface area contributed by atoms with Crippen molar-refractivity contribution in [1.82, 2.24) is 0 Å². The first-order valence-electron chi connectivity index (χ1n) is 22.8. The SMILES string of the molecule is CCCCC/C=C\C/C=C\C/C=C\C/C=C\CCCCCC(=O)OC[C@H](COP(=O)([O-])OCC[N+](C)(C)C)OC(=O)CCCCCCCCCCCCCCCC. The third kappa shape index (κ3) is 43.4. The van der Waals surface area contributed by atoms with Crippen LogP contribution >= 0.6 is 7.82 Å². The molecule has 332 valence electrons. The van der Waals surface area contributed by atoms with Crippen molar-refractivity contribution in [2.45, 2.75) is 193 Å². The van der Waals surface area contributed by atoms with Gasteiger partial charge in [-0.15, -0.1) is 0 Å². The number of rotatable bonds is 41. The van der Waals surface area contributed by atoms with Gasteiger partial charge < -0.3 is 27.9 Å². The van der Waals surface area contributed by atoms with Crippen LogP contribution < -0.4 is 4.89 Å². The van der Waals surface area contributed by atoms with Crippen LogP contribution in [-0.2, 0) is 32.7 Å². The first-order valence-corrected chi connectivity index (χ1v) is 24.3. The van der Waals surface area contributed by atoms with E-state index in [0.29, 0.717) is 23.9 Å². The van der Waals surface area contributed by atoms with Crippen LogP contribution in [0.5, 0.6) is 0 Å². The van der Waals surface area contributed by atoms with Crippen molar-refractivity contribution in [3.63, 3.8) is 0 Å². The highest BCUT2D eigenvalue weighted by atomic mass is 31.2. The van der Waals surface area contributed by atoms with Crippen molar-refractivity contribution in [3.8, 4) is 0 Å². The van der Waals surface area contributed by atoms with E-state index in [9.17, 15) is 19.0 Å². The number of hydrogen-bond acceptors (Lipinski definition) is 8. The number of nitrogens with zero attached hydrogens (tertiary/aromatic N) is 1. The second-order valence-electron chi connectivity index (χ2n) is 16.4. The first kappa shape index (κ1) is 55.0. The van der Waals surface area contributed by atoms with Crippen LogP contribution in [0.3, 0.4) is 0 Å². The van der Waals surface area contributed by atoms with Crippen LogP contribution in [0.4, 0.5) is 0 Å². The zero-order valence-corrected chi connectivity index (χ0v) is 38.2. The lowest BCUT2D eigenvalue weighted by Gasteiger charge is -2.28. The standard InChI is InChI=1S/C47H86NO8P/c1-6-8-10-12-14-16-18-20-22-23-24-25-26-28-29-31-33-35-37-39-46(49)53-43-45(44-55-57(51,52)54-42-41-48(3,4)5)56-47(50)40-38-36-34-32-30-27-21-19-17-15-13-11-9-7-2/h14,16,20,22,24-25,28-29,45H,6-13,15,17-19,21,23,26-27,30-44H2,1-5H3/b16-14-,22-20-,25-24-,29-28-/t45-/m1/s1. The predicted molar refractivity (Wildman–Crippen MR) is 236 cm³/mol. The molecule has 57 heavy (non-hydrogen) atoms. The van der Waals surface area contributed by atoms with Crippen molar-refractivity contribution < 1.29 is 42.1 Å². The summed E-state index contributed by atoms with van der Waals surface area (Å²) in [5, 5.41) is 0. The van der Waals surface area contributed by atoms with Crippen LogP contribution in [0, 0.1) is 0 Å². The Kier molecular flexibility index (Phi) is 38.0. The topological polar surface area (TPSA) is 111 Å². The van der Waals surface area contributed by atoms with Gasteiger partial charge in [0.2, 0.25) is 0 Å². The molecule has 10 heteroatoms. The fraction of sp³-hybridized carbons (Fsp3) is 0.787. The summed E-state index contributed by atoms with van der Waals surface area (Å²) in [6, 6.07) is 0. The monoisotopic (exact) mass is 824 g/mol. The van der Waals surface area contributed by atoms with E-state index in [1.165, 1.54) is 89.9 Å². The molecule has 1 unspecified atom stereocenters. The fourth-order valence-electron chi connectivity index (χ4n) is 5.99. The van der Waals surface area contributed by atoms with Gasteiger partial charge in [-0.2, -0.15) is 0 Å². The van der Waals surface area contributed by atoms with E-state index in [0.717, 1.165) is 57.8 Å². The summed E-state index contributed by atoms with van der Waals surface area (Å²) in [6.45, 7) is 4.16. The maximum atomic E-state index is 12.7. The molecule has 0 N–H and O–H groups in total. The van der Waals surface area contributed by atoms with Gasteiger partial charge in [-0.05, 0) is 57.8 Å². The number of carbonyl (C=O) groups excluding carboxylic acids is 2. The molecule has 0 aromatic rings. The molecule has 0 aromatic carbocycles. The molecule has 0 aromatic heterocycles. The molecule has 2 atom stereocenters. The Balaban J connectivity index is 4.39. The van der Waals surface area contributed by atoms with Gasteiger partial charge in [0.05, 0.1) is 27.7 Å². The van der Waals surface area contributed by atoms with E-state index >= 15 is 0 Å². The highest BCUT2D eigenvalue weighted by Gasteiger charge is 2.21. The number of hydrogen-bond donors (Lipinski definition) is 0. The van der Waals surface area contributed by atoms with Crippen LogP contribution in [-0.4, -0.2) is 70.0 Å². The molecule has 9 nitrogen and oxygen atoms in total. The first-order chi connectivity index (χ1) is 27.5. The van der Waals surface area contributed by atoms with Crippen molar-refractivity contribution in [3.05, 3.63) is 48.6 Å². The number of carbonyl (C=O) groups is 2. The van der Waals surface area contributed by atoms with E-state index < -0.39 is 32.5 Å². The van der Waals surface area contributed by atoms with E-state index in [2.05, 4.69) is 62.5 Å². The van der Waals surface area contributed by atoms with Crippen LogP contribution in [0.1, 0.15) is 187 Å². The second kappa shape index (κ2) is 39.4. The van der Waals surface area contributed by atoms with Gasteiger partial charge in [0.1, 0.15) is 19.8 Å². The van der Waals surface area contributed by atoms with Gasteiger partial charge >= 0.3 is 11.9 Å². The third-order valence-corrected chi connectivity index (χ3v) is 10.6. The number of unbranched alkanes of at least 4 members (excludes halogenated alkanes) is 19. The molecule has 0 aliphatic heterocycles. The fourth-order valence-corrected chi connectivity index (χ4v) is 6.72. The summed E-state index contributed by atoms with van der Waals surface area (Å²) in [4.78, 5) is 37.5. The average Bonchev–Trinajstić information content (AvgIpc) is 3.16. The van der Waals surface area contributed by atoms with Gasteiger partial charge in [0, 0.05) is 12.8 Å². The van der Waals surface area contributed by atoms with Crippen LogP contribution in [0.25, 0.3) is 0 Å². The molecule has 0 spiro atoms. The van der Waals surface area contributed by atoms with Gasteiger partial charge in [-0.3, -0.25) is 14.2 Å². The Morgan fingerprint density at radius 3 is 1.44 bits per heavy atom. The highest BCUT2D eigenvalue weighted by Crippen LogP contribution is 2.38. The largest absolute Gasteiger partial charge is 0.756 e. The Bertz CT molecular complexity index is 1110. The Labute approximate surface area is 350 Å². The normalized spacial score (nSPS) is 14.0. The molecule has 0 rings (SSSR count). The summed E-state index contributed by atoms with van der Waals surface area (Å²) in [6.07, 6.45) is 45.6. The molecule has 0 heterocycles. The summed E-state index contributed by atoms with van der Waals surface area (Å²) in [5.74, 6) is -0.868. The number of phosphoric acid groups is 1. The number of phosphoric ester groups is 1. The minimum absolute atomic E-state index is 0.0365. The number of quaternary nitrogens is 1. The lowest BCUT2D eigenvalue weighted by Crippen LogP contribution is -2.37. The van der Waals surface area contributed by atoms with Gasteiger partial charge in [0.25, 0.3) is 7.82 Å². The molecule has 0 saturated heterocycles. The van der Waals surface area contributed by atoms with Crippen molar-refractivity contribution in [2.24, 2.45) is 0 Å². The van der Waals surface area contributed by atoms with Gasteiger partial charge in [0.15, 0.2) is 6.10 Å². The maximum Gasteiger partial charge on any atom is 0.306 e. The van der Waals surface area contributed by atoms with E-state index in [1.807, 2.05) is 21.1 Å². The summed E-state index contributed by atoms with van der Waals surface area (Å²) in [5.41, 5.74) is 0. The predicted octanol–water partition coefficient (Wildman–Crippen LogP) is 12.4. The molecule has 0 saturated carbocycles. The lowest BCUT2D eigenvalue weighted by atomic mass is 10.0. The molecule has 0 aliphatic rings. The summed E-state index contributed by atoms with van der Waals surface area (Å²) in [7, 11) is 1.15.